The molecule has 0 bridgehead atoms. The van der Waals surface area contributed by atoms with Crippen molar-refractivity contribution in [1.29, 1.82) is 0 Å². The van der Waals surface area contributed by atoms with E-state index in [0.29, 0.717) is 13.0 Å². The SMILES string of the molecule is NCCC(=O)N1CCC[C@@H]1c1ccccc1Br. The summed E-state index contributed by atoms with van der Waals surface area (Å²) >= 11 is 3.56. The number of amides is 1. The summed E-state index contributed by atoms with van der Waals surface area (Å²) in [5, 5.41) is 0. The van der Waals surface area contributed by atoms with Crippen LogP contribution in [0.3, 0.4) is 0 Å². The number of hydrogen-bond donors (Lipinski definition) is 1. The van der Waals surface area contributed by atoms with Crippen molar-refractivity contribution >= 4 is 21.8 Å². The van der Waals surface area contributed by atoms with E-state index in [1.807, 2.05) is 23.1 Å². The van der Waals surface area contributed by atoms with Crippen LogP contribution < -0.4 is 5.73 Å². The fraction of sp³-hybridized carbons (Fsp3) is 0.462. The largest absolute Gasteiger partial charge is 0.336 e. The molecule has 4 heteroatoms. The lowest BCUT2D eigenvalue weighted by molar-refractivity contribution is -0.131. The molecule has 1 aromatic carbocycles. The van der Waals surface area contributed by atoms with E-state index in [4.69, 9.17) is 5.73 Å². The number of benzene rings is 1. The molecule has 1 heterocycles. The van der Waals surface area contributed by atoms with Gasteiger partial charge in [-0.05, 0) is 24.5 Å². The maximum Gasteiger partial charge on any atom is 0.224 e. The summed E-state index contributed by atoms with van der Waals surface area (Å²) < 4.78 is 1.08. The molecule has 1 aliphatic heterocycles. The van der Waals surface area contributed by atoms with Gasteiger partial charge in [0, 0.05) is 24.0 Å². The summed E-state index contributed by atoms with van der Waals surface area (Å²) in [7, 11) is 0. The van der Waals surface area contributed by atoms with Crippen molar-refractivity contribution < 1.29 is 4.79 Å². The van der Waals surface area contributed by atoms with Crippen LogP contribution >= 0.6 is 15.9 Å². The van der Waals surface area contributed by atoms with E-state index in [2.05, 4.69) is 22.0 Å². The molecule has 1 saturated heterocycles. The van der Waals surface area contributed by atoms with Gasteiger partial charge in [0.25, 0.3) is 0 Å². The number of likely N-dealkylation sites (tertiary alicyclic amines) is 1. The van der Waals surface area contributed by atoms with Crippen molar-refractivity contribution in [2.45, 2.75) is 25.3 Å². The third-order valence-electron chi connectivity index (χ3n) is 3.20. The smallest absolute Gasteiger partial charge is 0.224 e. The molecule has 0 unspecified atom stereocenters. The van der Waals surface area contributed by atoms with Crippen LogP contribution in [-0.2, 0) is 4.79 Å². The van der Waals surface area contributed by atoms with Gasteiger partial charge in [0.05, 0.1) is 6.04 Å². The van der Waals surface area contributed by atoms with Crippen LogP contribution in [0.5, 0.6) is 0 Å². The van der Waals surface area contributed by atoms with Crippen LogP contribution in [0.25, 0.3) is 0 Å². The van der Waals surface area contributed by atoms with E-state index in [-0.39, 0.29) is 11.9 Å². The Kier molecular flexibility index (Phi) is 4.18. The van der Waals surface area contributed by atoms with Crippen molar-refractivity contribution in [3.05, 3.63) is 34.3 Å². The van der Waals surface area contributed by atoms with Gasteiger partial charge in [-0.2, -0.15) is 0 Å². The van der Waals surface area contributed by atoms with Gasteiger partial charge in [-0.25, -0.2) is 0 Å². The standard InChI is InChI=1S/C13H17BrN2O/c14-11-5-2-1-4-10(11)12-6-3-9-16(12)13(17)7-8-15/h1-2,4-5,12H,3,6-9,15H2/t12-/m1/s1. The third-order valence-corrected chi connectivity index (χ3v) is 3.92. The Morgan fingerprint density at radius 1 is 1.47 bits per heavy atom. The van der Waals surface area contributed by atoms with Crippen LogP contribution in [-0.4, -0.2) is 23.9 Å². The minimum Gasteiger partial charge on any atom is -0.336 e. The average Bonchev–Trinajstić information content (AvgIpc) is 2.79. The third kappa shape index (κ3) is 2.69. The molecule has 1 atom stereocenters. The molecule has 0 spiro atoms. The molecule has 1 aromatic rings. The Labute approximate surface area is 110 Å². The first-order chi connectivity index (χ1) is 8.24. The van der Waals surface area contributed by atoms with E-state index < -0.39 is 0 Å². The summed E-state index contributed by atoms with van der Waals surface area (Å²) in [5.74, 6) is 0.172. The zero-order valence-corrected chi connectivity index (χ0v) is 11.3. The van der Waals surface area contributed by atoms with E-state index in [1.54, 1.807) is 0 Å². The van der Waals surface area contributed by atoms with Gasteiger partial charge < -0.3 is 10.6 Å². The first kappa shape index (κ1) is 12.6. The highest BCUT2D eigenvalue weighted by molar-refractivity contribution is 9.10. The second kappa shape index (κ2) is 5.65. The predicted molar refractivity (Wildman–Crippen MR) is 71.5 cm³/mol. The predicted octanol–water partition coefficient (Wildman–Crippen LogP) is 2.46. The number of carbonyl (C=O) groups excluding carboxylic acids is 1. The molecule has 2 N–H and O–H groups in total. The van der Waals surface area contributed by atoms with Gasteiger partial charge in [-0.1, -0.05) is 34.1 Å². The van der Waals surface area contributed by atoms with Gasteiger partial charge in [0.2, 0.25) is 5.91 Å². The minimum atomic E-state index is 0.172. The molecular weight excluding hydrogens is 280 g/mol. The lowest BCUT2D eigenvalue weighted by atomic mass is 10.0. The number of nitrogens with zero attached hydrogens (tertiary/aromatic N) is 1. The van der Waals surface area contributed by atoms with Gasteiger partial charge >= 0.3 is 0 Å². The average molecular weight is 297 g/mol. The van der Waals surface area contributed by atoms with Gasteiger partial charge in [-0.15, -0.1) is 0 Å². The van der Waals surface area contributed by atoms with Crippen molar-refractivity contribution in [3.8, 4) is 0 Å². The van der Waals surface area contributed by atoms with Crippen molar-refractivity contribution in [1.82, 2.24) is 4.90 Å². The summed E-state index contributed by atoms with van der Waals surface area (Å²) in [4.78, 5) is 13.9. The Morgan fingerprint density at radius 3 is 2.94 bits per heavy atom. The maximum atomic E-state index is 12.0. The monoisotopic (exact) mass is 296 g/mol. The Morgan fingerprint density at radius 2 is 2.24 bits per heavy atom. The molecule has 92 valence electrons. The highest BCUT2D eigenvalue weighted by Crippen LogP contribution is 2.35. The quantitative estimate of drug-likeness (QED) is 0.931. The van der Waals surface area contributed by atoms with Crippen molar-refractivity contribution in [3.63, 3.8) is 0 Å². The van der Waals surface area contributed by atoms with Crippen molar-refractivity contribution in [2.24, 2.45) is 5.73 Å². The maximum absolute atomic E-state index is 12.0. The molecular formula is C13H17BrN2O. The first-order valence-corrected chi connectivity index (χ1v) is 6.77. The molecule has 0 saturated carbocycles. The zero-order chi connectivity index (χ0) is 12.3. The topological polar surface area (TPSA) is 46.3 Å². The fourth-order valence-corrected chi connectivity index (χ4v) is 2.95. The van der Waals surface area contributed by atoms with Crippen LogP contribution in [0.15, 0.2) is 28.7 Å². The zero-order valence-electron chi connectivity index (χ0n) is 9.73. The van der Waals surface area contributed by atoms with Gasteiger partial charge in [0.1, 0.15) is 0 Å². The van der Waals surface area contributed by atoms with E-state index in [1.165, 1.54) is 5.56 Å². The number of hydrogen-bond acceptors (Lipinski definition) is 2. The lowest BCUT2D eigenvalue weighted by Gasteiger charge is -2.25. The summed E-state index contributed by atoms with van der Waals surface area (Å²) in [6.45, 7) is 1.28. The van der Waals surface area contributed by atoms with E-state index in [0.717, 1.165) is 23.9 Å². The van der Waals surface area contributed by atoms with Crippen LogP contribution in [0.4, 0.5) is 0 Å². The van der Waals surface area contributed by atoms with Crippen molar-refractivity contribution in [2.75, 3.05) is 13.1 Å². The van der Waals surface area contributed by atoms with Crippen LogP contribution in [0, 0.1) is 0 Å². The molecule has 1 amide bonds. The highest BCUT2D eigenvalue weighted by atomic mass is 79.9. The molecule has 17 heavy (non-hydrogen) atoms. The van der Waals surface area contributed by atoms with E-state index in [9.17, 15) is 4.79 Å². The van der Waals surface area contributed by atoms with Gasteiger partial charge in [-0.3, -0.25) is 4.79 Å². The summed E-state index contributed by atoms with van der Waals surface area (Å²) in [6.07, 6.45) is 2.56. The lowest BCUT2D eigenvalue weighted by Crippen LogP contribution is -2.32. The molecule has 1 fully saturated rings. The number of carbonyl (C=O) groups is 1. The number of halogens is 1. The van der Waals surface area contributed by atoms with Crippen LogP contribution in [0.2, 0.25) is 0 Å². The Balaban J connectivity index is 2.20. The molecule has 3 nitrogen and oxygen atoms in total. The minimum absolute atomic E-state index is 0.172. The first-order valence-electron chi connectivity index (χ1n) is 5.98. The summed E-state index contributed by atoms with van der Waals surface area (Å²) in [6, 6.07) is 8.34. The molecule has 0 radical (unpaired) electrons. The van der Waals surface area contributed by atoms with Gasteiger partial charge in [0.15, 0.2) is 0 Å². The molecule has 2 rings (SSSR count). The number of rotatable bonds is 3. The highest BCUT2D eigenvalue weighted by Gasteiger charge is 2.30. The van der Waals surface area contributed by atoms with Crippen LogP contribution in [0.1, 0.15) is 30.9 Å². The molecule has 1 aliphatic rings. The Hall–Kier alpha value is -0.870. The summed E-state index contributed by atoms with van der Waals surface area (Å²) in [5.41, 5.74) is 6.66. The molecule has 0 aliphatic carbocycles. The Bertz CT molecular complexity index is 408. The van der Waals surface area contributed by atoms with E-state index >= 15 is 0 Å². The molecule has 0 aromatic heterocycles. The second-order valence-corrected chi connectivity index (χ2v) is 5.16. The fourth-order valence-electron chi connectivity index (χ4n) is 2.40. The number of nitrogens with two attached hydrogens (primary N) is 1. The second-order valence-electron chi connectivity index (χ2n) is 4.31. The normalized spacial score (nSPS) is 19.6.